The van der Waals surface area contributed by atoms with Crippen LogP contribution in [0.1, 0.15) is 85.0 Å². The number of amides is 1. The summed E-state index contributed by atoms with van der Waals surface area (Å²) in [6.07, 6.45) is 5.93. The Labute approximate surface area is 218 Å². The molecule has 2 aromatic carbocycles. The van der Waals surface area contributed by atoms with Gasteiger partial charge >= 0.3 is 0 Å². The maximum atomic E-state index is 13.2. The highest BCUT2D eigenvalue weighted by atomic mass is 16.2. The third kappa shape index (κ3) is 5.75. The molecule has 2 aliphatic rings. The summed E-state index contributed by atoms with van der Waals surface area (Å²) >= 11 is 0. The SMILES string of the molecule is C=CCCC(C(=C)NC)N1Cc2cc(C3CCN(Cc4ccc(C(C)(C)C)cc4)CC3)ccc2C1=O. The van der Waals surface area contributed by atoms with Gasteiger partial charge in [0.2, 0.25) is 0 Å². The Balaban J connectivity index is 1.37. The highest BCUT2D eigenvalue weighted by Gasteiger charge is 2.34. The Kier molecular flexibility index (Phi) is 8.04. The molecule has 1 unspecified atom stereocenters. The number of likely N-dealkylation sites (N-methyl/N-ethyl adjacent to an activating group) is 1. The van der Waals surface area contributed by atoms with Crippen molar-refractivity contribution in [1.29, 1.82) is 0 Å². The van der Waals surface area contributed by atoms with E-state index in [2.05, 4.69) is 86.6 Å². The van der Waals surface area contributed by atoms with Crippen molar-refractivity contribution in [3.8, 4) is 0 Å². The maximum Gasteiger partial charge on any atom is 0.255 e. The van der Waals surface area contributed by atoms with Crippen LogP contribution < -0.4 is 5.32 Å². The van der Waals surface area contributed by atoms with E-state index < -0.39 is 0 Å². The van der Waals surface area contributed by atoms with Gasteiger partial charge in [-0.15, -0.1) is 6.58 Å². The first-order valence-corrected chi connectivity index (χ1v) is 13.4. The van der Waals surface area contributed by atoms with E-state index in [0.717, 1.165) is 62.1 Å². The second kappa shape index (κ2) is 11.0. The molecule has 0 radical (unpaired) electrons. The second-order valence-corrected chi connectivity index (χ2v) is 11.5. The van der Waals surface area contributed by atoms with Crippen molar-refractivity contribution in [2.24, 2.45) is 0 Å². The topological polar surface area (TPSA) is 35.6 Å². The number of hydrogen-bond acceptors (Lipinski definition) is 3. The fraction of sp³-hybridized carbons (Fsp3) is 0.469. The number of likely N-dealkylation sites (tertiary alicyclic amines) is 1. The number of carbonyl (C=O) groups excluding carboxylic acids is 1. The number of hydrogen-bond donors (Lipinski definition) is 1. The first kappa shape index (κ1) is 26.2. The molecule has 1 saturated heterocycles. The van der Waals surface area contributed by atoms with Crippen LogP contribution in [0.3, 0.4) is 0 Å². The van der Waals surface area contributed by atoms with Gasteiger partial charge in [0.15, 0.2) is 0 Å². The van der Waals surface area contributed by atoms with Gasteiger partial charge in [0.1, 0.15) is 0 Å². The van der Waals surface area contributed by atoms with Crippen molar-refractivity contribution >= 4 is 5.91 Å². The first-order valence-electron chi connectivity index (χ1n) is 13.4. The smallest absolute Gasteiger partial charge is 0.255 e. The molecule has 4 rings (SSSR count). The summed E-state index contributed by atoms with van der Waals surface area (Å²) < 4.78 is 0. The van der Waals surface area contributed by atoms with E-state index >= 15 is 0 Å². The summed E-state index contributed by atoms with van der Waals surface area (Å²) in [5.41, 5.74) is 7.26. The normalized spacial score (nSPS) is 17.7. The van der Waals surface area contributed by atoms with Crippen LogP contribution in [0.25, 0.3) is 0 Å². The van der Waals surface area contributed by atoms with Crippen molar-refractivity contribution in [2.45, 2.75) is 76.9 Å². The summed E-state index contributed by atoms with van der Waals surface area (Å²) in [7, 11) is 1.88. The molecule has 2 aliphatic heterocycles. The average Bonchev–Trinajstić information content (AvgIpc) is 3.19. The van der Waals surface area contributed by atoms with Crippen LogP contribution in [0.5, 0.6) is 0 Å². The van der Waals surface area contributed by atoms with Gasteiger partial charge in [-0.2, -0.15) is 0 Å². The Hall–Kier alpha value is -2.85. The van der Waals surface area contributed by atoms with Gasteiger partial charge in [-0.05, 0) is 78.4 Å². The molecule has 192 valence electrons. The van der Waals surface area contributed by atoms with Crippen molar-refractivity contribution < 1.29 is 4.79 Å². The Morgan fingerprint density at radius 1 is 1.14 bits per heavy atom. The largest absolute Gasteiger partial charge is 0.390 e. The molecule has 1 amide bonds. The number of piperidine rings is 1. The number of nitrogens with one attached hydrogen (secondary N) is 1. The van der Waals surface area contributed by atoms with Gasteiger partial charge in [0, 0.05) is 31.4 Å². The molecule has 0 bridgehead atoms. The average molecular weight is 486 g/mol. The molecular formula is C32H43N3O. The minimum atomic E-state index is -0.0166. The van der Waals surface area contributed by atoms with Crippen LogP contribution in [0.4, 0.5) is 0 Å². The van der Waals surface area contributed by atoms with Crippen molar-refractivity contribution in [1.82, 2.24) is 15.1 Å². The molecule has 0 spiro atoms. The predicted octanol–water partition coefficient (Wildman–Crippen LogP) is 6.39. The number of carbonyl (C=O) groups is 1. The number of benzene rings is 2. The molecule has 1 atom stereocenters. The zero-order valence-electron chi connectivity index (χ0n) is 22.6. The summed E-state index contributed by atoms with van der Waals surface area (Å²) in [6, 6.07) is 15.7. The lowest BCUT2D eigenvalue weighted by molar-refractivity contribution is 0.0719. The van der Waals surface area contributed by atoms with Gasteiger partial charge in [0.25, 0.3) is 5.91 Å². The standard InChI is InChI=1S/C32H43N3O/c1-7-8-9-30(23(2)33-6)35-22-27-20-26(12-15-29(27)31(35)36)25-16-18-34(19-17-25)21-24-10-13-28(14-11-24)32(3,4)5/h7,10-15,20,25,30,33H,1-2,8-9,16-19,21-22H2,3-6H3. The third-order valence-electron chi connectivity index (χ3n) is 7.99. The minimum Gasteiger partial charge on any atom is -0.390 e. The molecule has 4 nitrogen and oxygen atoms in total. The molecule has 2 aromatic rings. The Bertz CT molecular complexity index is 1090. The molecule has 0 aromatic heterocycles. The van der Waals surface area contributed by atoms with Crippen LogP contribution >= 0.6 is 0 Å². The lowest BCUT2D eigenvalue weighted by Crippen LogP contribution is -2.39. The molecular weight excluding hydrogens is 442 g/mol. The monoisotopic (exact) mass is 485 g/mol. The van der Waals surface area contributed by atoms with Crippen LogP contribution in [0.15, 0.2) is 67.4 Å². The summed E-state index contributed by atoms with van der Waals surface area (Å²) in [6.45, 7) is 18.7. The fourth-order valence-corrected chi connectivity index (χ4v) is 5.62. The van der Waals surface area contributed by atoms with E-state index in [1.165, 1.54) is 16.7 Å². The lowest BCUT2D eigenvalue weighted by atomic mass is 9.86. The van der Waals surface area contributed by atoms with Crippen LogP contribution in [0, 0.1) is 0 Å². The Morgan fingerprint density at radius 3 is 2.44 bits per heavy atom. The van der Waals surface area contributed by atoms with Gasteiger partial charge < -0.3 is 10.2 Å². The van der Waals surface area contributed by atoms with E-state index in [-0.39, 0.29) is 17.4 Å². The zero-order valence-corrected chi connectivity index (χ0v) is 22.6. The highest BCUT2D eigenvalue weighted by molar-refractivity contribution is 5.98. The number of nitrogens with zero attached hydrogens (tertiary/aromatic N) is 2. The van der Waals surface area contributed by atoms with Crippen LogP contribution in [0.2, 0.25) is 0 Å². The molecule has 1 N–H and O–H groups in total. The van der Waals surface area contributed by atoms with Crippen LogP contribution in [-0.2, 0) is 18.5 Å². The van der Waals surface area contributed by atoms with Gasteiger partial charge in [-0.1, -0.05) is 69.8 Å². The summed E-state index contributed by atoms with van der Waals surface area (Å²) in [5.74, 6) is 0.678. The second-order valence-electron chi connectivity index (χ2n) is 11.5. The van der Waals surface area contributed by atoms with Crippen molar-refractivity contribution in [3.63, 3.8) is 0 Å². The minimum absolute atomic E-state index is 0.0166. The van der Waals surface area contributed by atoms with Crippen LogP contribution in [-0.4, -0.2) is 41.9 Å². The fourth-order valence-electron chi connectivity index (χ4n) is 5.62. The molecule has 2 heterocycles. The summed E-state index contributed by atoms with van der Waals surface area (Å²) in [4.78, 5) is 17.8. The number of rotatable bonds is 9. The number of allylic oxidation sites excluding steroid dienone is 1. The van der Waals surface area contributed by atoms with E-state index in [9.17, 15) is 4.79 Å². The summed E-state index contributed by atoms with van der Waals surface area (Å²) in [5, 5.41) is 3.16. The number of fused-ring (bicyclic) bond motifs is 1. The maximum absolute atomic E-state index is 13.2. The van der Waals surface area contributed by atoms with Gasteiger partial charge in [0.05, 0.1) is 6.04 Å². The third-order valence-corrected chi connectivity index (χ3v) is 7.99. The Morgan fingerprint density at radius 2 is 1.83 bits per heavy atom. The molecule has 0 saturated carbocycles. The van der Waals surface area contributed by atoms with E-state index in [0.29, 0.717) is 12.5 Å². The molecule has 0 aliphatic carbocycles. The van der Waals surface area contributed by atoms with E-state index in [4.69, 9.17) is 0 Å². The van der Waals surface area contributed by atoms with E-state index in [1.807, 2.05) is 18.0 Å². The molecule has 1 fully saturated rings. The highest BCUT2D eigenvalue weighted by Crippen LogP contribution is 2.34. The van der Waals surface area contributed by atoms with Crippen molar-refractivity contribution in [2.75, 3.05) is 20.1 Å². The van der Waals surface area contributed by atoms with Crippen molar-refractivity contribution in [3.05, 3.63) is 95.2 Å². The quantitative estimate of drug-likeness (QED) is 0.418. The van der Waals surface area contributed by atoms with Gasteiger partial charge in [-0.25, -0.2) is 0 Å². The van der Waals surface area contributed by atoms with Gasteiger partial charge in [-0.3, -0.25) is 9.69 Å². The predicted molar refractivity (Wildman–Crippen MR) is 150 cm³/mol. The molecule has 36 heavy (non-hydrogen) atoms. The molecule has 4 heteroatoms. The lowest BCUT2D eigenvalue weighted by Gasteiger charge is -2.32. The van der Waals surface area contributed by atoms with E-state index in [1.54, 1.807) is 0 Å². The zero-order chi connectivity index (χ0) is 25.9. The first-order chi connectivity index (χ1) is 17.2.